The summed E-state index contributed by atoms with van der Waals surface area (Å²) in [5.74, 6) is 0. The molecule has 0 saturated carbocycles. The number of rotatable bonds is 4. The maximum Gasteiger partial charge on any atom is 0.0991 e. The van der Waals surface area contributed by atoms with E-state index in [1.165, 1.54) is 0 Å². The highest BCUT2D eigenvalue weighted by atomic mass is 35.5. The third kappa shape index (κ3) is 3.70. The standard InChI is InChI=1S/C25H24Cl2N2O/c1-29-11-9-25(10-12-29,19-7-8-22(26)23(27)15-19)24(30-2)21-14-17(16-28)13-18-5-3-4-6-20(18)21/h3-8,13-15,24H,9-12H2,1-2H3. The molecule has 0 N–H and O–H groups in total. The number of nitrogens with zero attached hydrogens (tertiary/aromatic N) is 2. The van der Waals surface area contributed by atoms with Crippen molar-refractivity contribution in [1.82, 2.24) is 4.90 Å². The van der Waals surface area contributed by atoms with Gasteiger partial charge >= 0.3 is 0 Å². The topological polar surface area (TPSA) is 36.3 Å². The summed E-state index contributed by atoms with van der Waals surface area (Å²) in [5.41, 5.74) is 2.54. The summed E-state index contributed by atoms with van der Waals surface area (Å²) in [7, 11) is 3.91. The minimum absolute atomic E-state index is 0.221. The summed E-state index contributed by atoms with van der Waals surface area (Å²) in [6.45, 7) is 1.91. The smallest absolute Gasteiger partial charge is 0.0991 e. The number of hydrogen-bond donors (Lipinski definition) is 0. The summed E-state index contributed by atoms with van der Waals surface area (Å²) in [6.07, 6.45) is 1.62. The number of nitriles is 1. The highest BCUT2D eigenvalue weighted by Gasteiger charge is 2.44. The lowest BCUT2D eigenvalue weighted by molar-refractivity contribution is -0.000140. The van der Waals surface area contributed by atoms with Crippen molar-refractivity contribution in [1.29, 1.82) is 5.26 Å². The van der Waals surface area contributed by atoms with Crippen LogP contribution in [0, 0.1) is 11.3 Å². The van der Waals surface area contributed by atoms with Crippen LogP contribution < -0.4 is 0 Å². The van der Waals surface area contributed by atoms with Crippen molar-refractivity contribution in [2.75, 3.05) is 27.2 Å². The van der Waals surface area contributed by atoms with Crippen LogP contribution in [0.3, 0.4) is 0 Å². The van der Waals surface area contributed by atoms with Gasteiger partial charge in [-0.2, -0.15) is 5.26 Å². The lowest BCUT2D eigenvalue weighted by Gasteiger charge is -2.46. The Morgan fingerprint density at radius 3 is 2.43 bits per heavy atom. The van der Waals surface area contributed by atoms with Crippen LogP contribution in [0.1, 0.15) is 35.6 Å². The Bertz CT molecular complexity index is 1110. The number of likely N-dealkylation sites (tertiary alicyclic amines) is 1. The molecule has 0 bridgehead atoms. The molecule has 1 saturated heterocycles. The lowest BCUT2D eigenvalue weighted by atomic mass is 9.66. The molecule has 0 radical (unpaired) electrons. The molecule has 0 aliphatic carbocycles. The van der Waals surface area contributed by atoms with Crippen LogP contribution >= 0.6 is 23.2 Å². The van der Waals surface area contributed by atoms with Crippen molar-refractivity contribution in [2.45, 2.75) is 24.4 Å². The molecule has 3 nitrogen and oxygen atoms in total. The van der Waals surface area contributed by atoms with Gasteiger partial charge in [0.25, 0.3) is 0 Å². The maximum atomic E-state index is 9.64. The third-order valence-electron chi connectivity index (χ3n) is 6.42. The van der Waals surface area contributed by atoms with Crippen LogP contribution in [0.25, 0.3) is 10.8 Å². The zero-order chi connectivity index (χ0) is 21.3. The van der Waals surface area contributed by atoms with Crippen LogP contribution in [0.4, 0.5) is 0 Å². The predicted molar refractivity (Wildman–Crippen MR) is 123 cm³/mol. The second kappa shape index (κ2) is 8.57. The highest BCUT2D eigenvalue weighted by Crippen LogP contribution is 2.49. The Kier molecular flexibility index (Phi) is 6.04. The van der Waals surface area contributed by atoms with Crippen molar-refractivity contribution in [3.05, 3.63) is 81.3 Å². The molecule has 1 unspecified atom stereocenters. The number of piperidine rings is 1. The van der Waals surface area contributed by atoms with E-state index in [-0.39, 0.29) is 11.5 Å². The average molecular weight is 439 g/mol. The summed E-state index contributed by atoms with van der Waals surface area (Å²) in [5, 5.41) is 12.9. The average Bonchev–Trinajstić information content (AvgIpc) is 2.77. The van der Waals surface area contributed by atoms with Gasteiger partial charge in [-0.25, -0.2) is 0 Å². The summed E-state index contributed by atoms with van der Waals surface area (Å²) in [4.78, 5) is 2.34. The number of fused-ring (bicyclic) bond motifs is 1. The van der Waals surface area contributed by atoms with Crippen LogP contribution in [0.15, 0.2) is 54.6 Å². The second-order valence-electron chi connectivity index (χ2n) is 8.10. The lowest BCUT2D eigenvalue weighted by Crippen LogP contribution is -2.45. The first kappa shape index (κ1) is 21.2. The summed E-state index contributed by atoms with van der Waals surface area (Å²) < 4.78 is 6.24. The number of benzene rings is 3. The molecule has 30 heavy (non-hydrogen) atoms. The molecule has 154 valence electrons. The van der Waals surface area contributed by atoms with Crippen LogP contribution in [0.5, 0.6) is 0 Å². The zero-order valence-electron chi connectivity index (χ0n) is 17.2. The molecular weight excluding hydrogens is 415 g/mol. The van der Waals surface area contributed by atoms with Crippen molar-refractivity contribution in [3.8, 4) is 6.07 Å². The van der Waals surface area contributed by atoms with E-state index < -0.39 is 0 Å². The summed E-state index contributed by atoms with van der Waals surface area (Å²) in [6, 6.07) is 20.3. The molecule has 3 aromatic carbocycles. The van der Waals surface area contributed by atoms with E-state index in [2.05, 4.69) is 30.1 Å². The maximum absolute atomic E-state index is 9.64. The second-order valence-corrected chi connectivity index (χ2v) is 8.92. The Morgan fingerprint density at radius 1 is 1.03 bits per heavy atom. The first-order valence-electron chi connectivity index (χ1n) is 10.1. The fraction of sp³-hybridized carbons (Fsp3) is 0.320. The quantitative estimate of drug-likeness (QED) is 0.474. The normalized spacial score (nSPS) is 17.6. The number of halogens is 2. The van der Waals surface area contributed by atoms with Gasteiger partial charge in [0.2, 0.25) is 0 Å². The van der Waals surface area contributed by atoms with Gasteiger partial charge in [0, 0.05) is 12.5 Å². The fourth-order valence-electron chi connectivity index (χ4n) is 4.80. The van der Waals surface area contributed by atoms with E-state index in [1.54, 1.807) is 7.11 Å². The first-order valence-corrected chi connectivity index (χ1v) is 10.8. The van der Waals surface area contributed by atoms with Crippen molar-refractivity contribution < 1.29 is 4.74 Å². The third-order valence-corrected chi connectivity index (χ3v) is 7.16. The van der Waals surface area contributed by atoms with Gasteiger partial charge in [-0.15, -0.1) is 0 Å². The molecule has 0 spiro atoms. The van der Waals surface area contributed by atoms with Crippen molar-refractivity contribution >= 4 is 34.0 Å². The number of methoxy groups -OCH3 is 1. The molecule has 1 fully saturated rings. The minimum atomic E-state index is -0.271. The van der Waals surface area contributed by atoms with Crippen molar-refractivity contribution in [3.63, 3.8) is 0 Å². The van der Waals surface area contributed by atoms with Crippen molar-refractivity contribution in [2.24, 2.45) is 0 Å². The minimum Gasteiger partial charge on any atom is -0.376 e. The largest absolute Gasteiger partial charge is 0.376 e. The number of hydrogen-bond acceptors (Lipinski definition) is 3. The molecule has 1 aliphatic rings. The Balaban J connectivity index is 1.95. The van der Waals surface area contributed by atoms with E-state index in [0.29, 0.717) is 15.6 Å². The van der Waals surface area contributed by atoms with Crippen LogP contribution in [0.2, 0.25) is 10.0 Å². The monoisotopic (exact) mass is 438 g/mol. The van der Waals surface area contributed by atoms with E-state index in [0.717, 1.165) is 47.8 Å². The van der Waals surface area contributed by atoms with Gasteiger partial charge in [-0.05, 0) is 79.1 Å². The van der Waals surface area contributed by atoms with Crippen LogP contribution in [-0.2, 0) is 10.2 Å². The van der Waals surface area contributed by atoms with Gasteiger partial charge in [0.05, 0.1) is 27.8 Å². The molecule has 4 rings (SSSR count). The molecule has 3 aromatic rings. The Labute approximate surface area is 187 Å². The van der Waals surface area contributed by atoms with Gasteiger partial charge in [0.1, 0.15) is 0 Å². The molecule has 5 heteroatoms. The molecule has 0 amide bonds. The number of ether oxygens (including phenoxy) is 1. The van der Waals surface area contributed by atoms with Gasteiger partial charge in [0.15, 0.2) is 0 Å². The molecule has 1 atom stereocenters. The highest BCUT2D eigenvalue weighted by molar-refractivity contribution is 6.42. The molecule has 1 aliphatic heterocycles. The van der Waals surface area contributed by atoms with Crippen LogP contribution in [-0.4, -0.2) is 32.1 Å². The Hall–Kier alpha value is -2.09. The predicted octanol–water partition coefficient (Wildman–Crippen LogP) is 6.37. The fourth-order valence-corrected chi connectivity index (χ4v) is 5.10. The Morgan fingerprint density at radius 2 is 1.77 bits per heavy atom. The molecule has 0 aromatic heterocycles. The van der Waals surface area contributed by atoms with Gasteiger partial charge < -0.3 is 9.64 Å². The van der Waals surface area contributed by atoms with E-state index in [9.17, 15) is 5.26 Å². The van der Waals surface area contributed by atoms with E-state index >= 15 is 0 Å². The van der Waals surface area contributed by atoms with E-state index in [1.807, 2.05) is 42.5 Å². The zero-order valence-corrected chi connectivity index (χ0v) is 18.7. The van der Waals surface area contributed by atoms with Gasteiger partial charge in [-0.1, -0.05) is 53.5 Å². The SMILES string of the molecule is COC(c1cc(C#N)cc2ccccc12)C1(c2ccc(Cl)c(Cl)c2)CCN(C)CC1. The summed E-state index contributed by atoms with van der Waals surface area (Å²) >= 11 is 12.7. The van der Waals surface area contributed by atoms with Gasteiger partial charge in [-0.3, -0.25) is 0 Å². The molecule has 1 heterocycles. The first-order chi connectivity index (χ1) is 14.5. The van der Waals surface area contributed by atoms with E-state index in [4.69, 9.17) is 27.9 Å². The molecular formula is C25H24Cl2N2O.